The van der Waals surface area contributed by atoms with Gasteiger partial charge in [-0.25, -0.2) is 4.40 Å². The van der Waals surface area contributed by atoms with Crippen LogP contribution in [0.3, 0.4) is 0 Å². The maximum Gasteiger partial charge on any atom is 0.179 e. The van der Waals surface area contributed by atoms with E-state index >= 15 is 0 Å². The number of ether oxygens (including phenoxy) is 1. The van der Waals surface area contributed by atoms with Gasteiger partial charge in [0.1, 0.15) is 5.76 Å². The Kier molecular flexibility index (Phi) is 7.70. The van der Waals surface area contributed by atoms with Crippen molar-refractivity contribution in [1.82, 2.24) is 5.32 Å². The van der Waals surface area contributed by atoms with Crippen LogP contribution in [0.1, 0.15) is 20.8 Å². The summed E-state index contributed by atoms with van der Waals surface area (Å²) in [5.74, 6) is 1.87. The number of nitrogens with zero attached hydrogens (tertiary/aromatic N) is 1. The first-order valence-electron chi connectivity index (χ1n) is 4.87. The van der Waals surface area contributed by atoms with Gasteiger partial charge in [-0.05, 0) is 6.72 Å². The molecule has 0 aliphatic carbocycles. The van der Waals surface area contributed by atoms with E-state index in [1.54, 1.807) is 10.8 Å². The van der Waals surface area contributed by atoms with Crippen molar-refractivity contribution in [1.29, 1.82) is 0 Å². The number of nitrogens with one attached hydrogen (secondary N) is 1. The van der Waals surface area contributed by atoms with Crippen LogP contribution in [0.2, 0.25) is 0 Å². The van der Waals surface area contributed by atoms with Crippen LogP contribution in [0.4, 0.5) is 0 Å². The predicted molar refractivity (Wildman–Crippen MR) is 73.3 cm³/mol. The fourth-order valence-electron chi connectivity index (χ4n) is 0.995. The third-order valence-corrected chi connectivity index (χ3v) is 3.42. The average Bonchev–Trinajstić information content (AvgIpc) is 2.69. The number of hydrogen-bond acceptors (Lipinski definition) is 6. The van der Waals surface area contributed by atoms with Crippen molar-refractivity contribution in [3.63, 3.8) is 0 Å². The van der Waals surface area contributed by atoms with Crippen molar-refractivity contribution in [2.45, 2.75) is 27.0 Å². The molecule has 0 bridgehead atoms. The Bertz CT molecular complexity index is 239. The third-order valence-electron chi connectivity index (χ3n) is 1.73. The van der Waals surface area contributed by atoms with E-state index in [4.69, 9.17) is 9.84 Å². The second-order valence-corrected chi connectivity index (χ2v) is 6.15. The fourth-order valence-corrected chi connectivity index (χ4v) is 2.20. The number of aliphatic hydroxyl groups excluding tert-OH is 1. The van der Waals surface area contributed by atoms with Gasteiger partial charge in [0.15, 0.2) is 6.23 Å². The number of aliphatic hydroxyl groups is 1. The molecule has 1 aliphatic rings. The SMILES string of the molecule is C=NSSCC1NC=C(C(C)(C)C)O1.CO. The molecule has 0 amide bonds. The first-order chi connectivity index (χ1) is 7.54. The summed E-state index contributed by atoms with van der Waals surface area (Å²) in [5, 5.41) is 10.2. The Morgan fingerprint density at radius 1 is 1.56 bits per heavy atom. The first-order valence-corrected chi connectivity index (χ1v) is 7.14. The average molecular weight is 264 g/mol. The van der Waals surface area contributed by atoms with Crippen molar-refractivity contribution in [3.8, 4) is 0 Å². The fraction of sp³-hybridized carbons (Fsp3) is 0.700. The molecular weight excluding hydrogens is 244 g/mol. The van der Waals surface area contributed by atoms with Gasteiger partial charge in [-0.3, -0.25) is 0 Å². The smallest absolute Gasteiger partial charge is 0.179 e. The lowest BCUT2D eigenvalue weighted by molar-refractivity contribution is 0.108. The zero-order chi connectivity index (χ0) is 12.6. The van der Waals surface area contributed by atoms with E-state index in [9.17, 15) is 0 Å². The summed E-state index contributed by atoms with van der Waals surface area (Å²) in [6.07, 6.45) is 2.03. The van der Waals surface area contributed by atoms with Gasteiger partial charge < -0.3 is 15.2 Å². The normalized spacial score (nSPS) is 18.8. The Morgan fingerprint density at radius 3 is 2.62 bits per heavy atom. The summed E-state index contributed by atoms with van der Waals surface area (Å²) in [7, 11) is 4.02. The van der Waals surface area contributed by atoms with Crippen molar-refractivity contribution in [3.05, 3.63) is 12.0 Å². The molecule has 1 atom stereocenters. The topological polar surface area (TPSA) is 53.9 Å². The molecule has 6 heteroatoms. The van der Waals surface area contributed by atoms with Gasteiger partial charge in [0, 0.05) is 29.7 Å². The van der Waals surface area contributed by atoms with Crippen molar-refractivity contribution >= 4 is 28.5 Å². The van der Waals surface area contributed by atoms with E-state index in [2.05, 4.69) is 37.2 Å². The zero-order valence-corrected chi connectivity index (χ0v) is 11.8. The molecule has 1 rings (SSSR count). The minimum atomic E-state index is 0.0727. The highest BCUT2D eigenvalue weighted by Crippen LogP contribution is 2.31. The monoisotopic (exact) mass is 264 g/mol. The second-order valence-electron chi connectivity index (χ2n) is 4.02. The van der Waals surface area contributed by atoms with E-state index in [1.165, 1.54) is 11.0 Å². The molecule has 1 unspecified atom stereocenters. The first kappa shape index (κ1) is 15.7. The second kappa shape index (κ2) is 7.86. The summed E-state index contributed by atoms with van der Waals surface area (Å²) >= 11 is 0. The van der Waals surface area contributed by atoms with Gasteiger partial charge in [0.2, 0.25) is 0 Å². The van der Waals surface area contributed by atoms with E-state index in [0.29, 0.717) is 0 Å². The van der Waals surface area contributed by atoms with Crippen LogP contribution in [-0.4, -0.2) is 30.9 Å². The molecule has 1 aliphatic heterocycles. The summed E-state index contributed by atoms with van der Waals surface area (Å²) < 4.78 is 9.42. The molecule has 2 N–H and O–H groups in total. The molecule has 0 saturated carbocycles. The van der Waals surface area contributed by atoms with Gasteiger partial charge >= 0.3 is 0 Å². The van der Waals surface area contributed by atoms with Crippen LogP contribution in [0.25, 0.3) is 0 Å². The molecule has 0 saturated heterocycles. The van der Waals surface area contributed by atoms with Crippen LogP contribution in [0, 0.1) is 5.41 Å². The number of allylic oxidation sites excluding steroid dienone is 1. The summed E-state index contributed by atoms with van der Waals surface area (Å²) in [6.45, 7) is 9.80. The van der Waals surface area contributed by atoms with Crippen LogP contribution >= 0.6 is 21.8 Å². The maximum absolute atomic E-state index is 7.00. The molecule has 4 nitrogen and oxygen atoms in total. The number of hydrogen-bond donors (Lipinski definition) is 2. The highest BCUT2D eigenvalue weighted by Gasteiger charge is 2.26. The van der Waals surface area contributed by atoms with E-state index in [0.717, 1.165) is 18.6 Å². The van der Waals surface area contributed by atoms with Gasteiger partial charge in [0.25, 0.3) is 0 Å². The Morgan fingerprint density at radius 2 is 2.19 bits per heavy atom. The predicted octanol–water partition coefficient (Wildman–Crippen LogP) is 2.43. The zero-order valence-electron chi connectivity index (χ0n) is 10.2. The van der Waals surface area contributed by atoms with Crippen LogP contribution in [-0.2, 0) is 4.74 Å². The van der Waals surface area contributed by atoms with Gasteiger partial charge in [-0.15, -0.1) is 0 Å². The van der Waals surface area contributed by atoms with E-state index in [1.807, 2.05) is 6.20 Å². The summed E-state index contributed by atoms with van der Waals surface area (Å²) in [6, 6.07) is 0. The molecule has 94 valence electrons. The van der Waals surface area contributed by atoms with Crippen LogP contribution < -0.4 is 5.32 Å². The highest BCUT2D eigenvalue weighted by atomic mass is 33.1. The minimum Gasteiger partial charge on any atom is -0.472 e. The highest BCUT2D eigenvalue weighted by molar-refractivity contribution is 8.76. The molecule has 0 radical (unpaired) electrons. The Labute approximate surface area is 105 Å². The van der Waals surface area contributed by atoms with Gasteiger partial charge in [-0.1, -0.05) is 31.6 Å². The maximum atomic E-state index is 7.00. The minimum absolute atomic E-state index is 0.0727. The lowest BCUT2D eigenvalue weighted by Crippen LogP contribution is -2.24. The third kappa shape index (κ3) is 5.67. The largest absolute Gasteiger partial charge is 0.472 e. The molecule has 0 aromatic rings. The molecule has 0 aromatic carbocycles. The quantitative estimate of drug-likeness (QED) is 0.353. The van der Waals surface area contributed by atoms with Crippen molar-refractivity contribution in [2.24, 2.45) is 9.81 Å². The standard InChI is InChI=1S/C9H16N2OS2.CH4O/c1-9(2,3)7-5-11-8(12-7)6-13-14-10-4;1-2/h5,8,11H,4,6H2,1-3H3;2H,1H3. The summed E-state index contributed by atoms with van der Waals surface area (Å²) in [4.78, 5) is 0. The van der Waals surface area contributed by atoms with Crippen molar-refractivity contribution in [2.75, 3.05) is 12.9 Å². The van der Waals surface area contributed by atoms with Gasteiger partial charge in [-0.2, -0.15) is 0 Å². The van der Waals surface area contributed by atoms with E-state index in [-0.39, 0.29) is 11.6 Å². The lowest BCUT2D eigenvalue weighted by Gasteiger charge is -2.21. The summed E-state index contributed by atoms with van der Waals surface area (Å²) in [5.41, 5.74) is 0.0796. The molecule has 0 aromatic heterocycles. The molecule has 0 fully saturated rings. The molecule has 1 heterocycles. The molecule has 0 spiro atoms. The Balaban J connectivity index is 0.00000106. The van der Waals surface area contributed by atoms with Crippen LogP contribution in [0.15, 0.2) is 16.4 Å². The Hall–Kier alpha value is -0.330. The molecule has 16 heavy (non-hydrogen) atoms. The number of rotatable bonds is 4. The lowest BCUT2D eigenvalue weighted by atomic mass is 9.95. The molecular formula is C10H20N2O2S2. The van der Waals surface area contributed by atoms with Crippen molar-refractivity contribution < 1.29 is 9.84 Å². The van der Waals surface area contributed by atoms with Gasteiger partial charge in [0.05, 0.1) is 5.75 Å². The van der Waals surface area contributed by atoms with E-state index < -0.39 is 0 Å². The van der Waals surface area contributed by atoms with Crippen LogP contribution in [0.5, 0.6) is 0 Å².